The maximum Gasteiger partial charge on any atom is 0.410 e. The molecule has 0 saturated carbocycles. The first-order valence-corrected chi connectivity index (χ1v) is 10.7. The number of benzene rings is 1. The van der Waals surface area contributed by atoms with Crippen LogP contribution in [0.4, 0.5) is 4.79 Å². The van der Waals surface area contributed by atoms with E-state index in [1.807, 2.05) is 62.5 Å². The number of aromatic amines is 1. The molecule has 1 aliphatic rings. The van der Waals surface area contributed by atoms with Gasteiger partial charge in [-0.25, -0.2) is 9.78 Å². The predicted molar refractivity (Wildman–Crippen MR) is 118 cm³/mol. The van der Waals surface area contributed by atoms with Crippen LogP contribution < -0.4 is 0 Å². The van der Waals surface area contributed by atoms with Gasteiger partial charge in [0.25, 0.3) is 0 Å². The molecule has 7 heteroatoms. The first-order chi connectivity index (χ1) is 15.1. The van der Waals surface area contributed by atoms with Crippen molar-refractivity contribution in [3.63, 3.8) is 0 Å². The molecule has 1 aliphatic heterocycles. The normalized spacial score (nSPS) is 17.7. The van der Waals surface area contributed by atoms with E-state index in [1.54, 1.807) is 11.1 Å². The maximum atomic E-state index is 12.8. The van der Waals surface area contributed by atoms with Gasteiger partial charge in [-0.3, -0.25) is 4.79 Å². The molecule has 2 unspecified atom stereocenters. The predicted octanol–water partition coefficient (Wildman–Crippen LogP) is 4.47. The first kappa shape index (κ1) is 22.3. The van der Waals surface area contributed by atoms with Crippen LogP contribution in [-0.4, -0.2) is 45.6 Å². The Morgan fingerprint density at radius 1 is 1.16 bits per heavy atom. The van der Waals surface area contributed by atoms with Gasteiger partial charge in [0.15, 0.2) is 0 Å². The number of H-pyrrole nitrogens is 1. The number of carbonyl (C=O) groups excluding carboxylic acids is 2. The Hall–Kier alpha value is -3.35. The van der Waals surface area contributed by atoms with E-state index in [9.17, 15) is 9.59 Å². The van der Waals surface area contributed by atoms with Gasteiger partial charge in [-0.05, 0) is 29.7 Å². The molecule has 7 nitrogen and oxygen atoms in total. The van der Waals surface area contributed by atoms with E-state index in [1.165, 1.54) is 6.92 Å². The standard InChI is InChI=1S/C22H23N3O4.C2H6/c1-15(26)29-19-11-18(10-17-12-24-21-20(17)8-5-9-23-21)25(13-19)22(27)28-14-16-6-3-2-4-7-16;1-2/h2-9,12,18-19H,10-11,13-14H2,1H3,(H,23,24);1-2H3. The van der Waals surface area contributed by atoms with E-state index < -0.39 is 6.09 Å². The van der Waals surface area contributed by atoms with E-state index in [0.29, 0.717) is 19.4 Å². The SMILES string of the molecule is CC.CC(=O)OC1CC(Cc2c[nH]c3ncccc23)N(C(=O)OCc2ccccc2)C1. The van der Waals surface area contributed by atoms with Crippen LogP contribution in [0.1, 0.15) is 38.3 Å². The molecular weight excluding hydrogens is 394 g/mol. The second-order valence-corrected chi connectivity index (χ2v) is 7.23. The van der Waals surface area contributed by atoms with Gasteiger partial charge in [0.05, 0.1) is 6.54 Å². The number of amides is 1. The highest BCUT2D eigenvalue weighted by Crippen LogP contribution is 2.27. The lowest BCUT2D eigenvalue weighted by atomic mass is 10.0. The molecule has 4 rings (SSSR count). The summed E-state index contributed by atoms with van der Waals surface area (Å²) in [6, 6.07) is 13.3. The number of ether oxygens (including phenoxy) is 2. The Morgan fingerprint density at radius 3 is 2.68 bits per heavy atom. The lowest BCUT2D eigenvalue weighted by Crippen LogP contribution is -2.37. The van der Waals surface area contributed by atoms with E-state index in [-0.39, 0.29) is 24.7 Å². The van der Waals surface area contributed by atoms with Gasteiger partial charge < -0.3 is 19.4 Å². The van der Waals surface area contributed by atoms with Gasteiger partial charge in [0.1, 0.15) is 18.4 Å². The summed E-state index contributed by atoms with van der Waals surface area (Å²) < 4.78 is 10.9. The number of pyridine rings is 1. The van der Waals surface area contributed by atoms with Gasteiger partial charge in [-0.15, -0.1) is 0 Å². The number of carbonyl (C=O) groups is 2. The second-order valence-electron chi connectivity index (χ2n) is 7.23. The Labute approximate surface area is 182 Å². The van der Waals surface area contributed by atoms with Crippen LogP contribution in [0.2, 0.25) is 0 Å². The minimum Gasteiger partial charge on any atom is -0.461 e. The van der Waals surface area contributed by atoms with Crippen LogP contribution in [0.25, 0.3) is 11.0 Å². The summed E-state index contributed by atoms with van der Waals surface area (Å²) in [4.78, 5) is 33.4. The molecule has 3 aromatic rings. The number of rotatable bonds is 5. The zero-order valence-corrected chi connectivity index (χ0v) is 18.2. The number of esters is 1. The maximum absolute atomic E-state index is 12.8. The Balaban J connectivity index is 0.00000132. The van der Waals surface area contributed by atoms with Crippen molar-refractivity contribution in [2.45, 2.75) is 52.4 Å². The molecule has 2 aromatic heterocycles. The summed E-state index contributed by atoms with van der Waals surface area (Å²) in [6.07, 6.45) is 4.14. The quantitative estimate of drug-likeness (QED) is 0.612. The molecule has 0 radical (unpaired) electrons. The summed E-state index contributed by atoms with van der Waals surface area (Å²) in [5.74, 6) is -0.343. The fourth-order valence-corrected chi connectivity index (χ4v) is 3.85. The number of hydrogen-bond donors (Lipinski definition) is 1. The van der Waals surface area contributed by atoms with Crippen LogP contribution in [0.3, 0.4) is 0 Å². The van der Waals surface area contributed by atoms with E-state index >= 15 is 0 Å². The fraction of sp³-hybridized carbons (Fsp3) is 0.375. The molecule has 1 aromatic carbocycles. The van der Waals surface area contributed by atoms with Gasteiger partial charge in [-0.1, -0.05) is 44.2 Å². The smallest absolute Gasteiger partial charge is 0.410 e. The van der Waals surface area contributed by atoms with Crippen LogP contribution in [0.15, 0.2) is 54.9 Å². The van der Waals surface area contributed by atoms with Crippen LogP contribution in [0.5, 0.6) is 0 Å². The average molecular weight is 424 g/mol. The van der Waals surface area contributed by atoms with Gasteiger partial charge in [0, 0.05) is 37.2 Å². The van der Waals surface area contributed by atoms with E-state index in [4.69, 9.17) is 9.47 Å². The van der Waals surface area contributed by atoms with Gasteiger partial charge >= 0.3 is 12.1 Å². The monoisotopic (exact) mass is 423 g/mol. The third-order valence-electron chi connectivity index (χ3n) is 5.14. The molecule has 0 spiro atoms. The van der Waals surface area contributed by atoms with E-state index in [2.05, 4.69) is 9.97 Å². The molecule has 3 heterocycles. The topological polar surface area (TPSA) is 84.5 Å². The molecule has 1 saturated heterocycles. The van der Waals surface area contributed by atoms with Crippen molar-refractivity contribution in [1.82, 2.24) is 14.9 Å². The minimum atomic E-state index is -0.397. The lowest BCUT2D eigenvalue weighted by Gasteiger charge is -2.23. The average Bonchev–Trinajstić information content (AvgIpc) is 3.38. The summed E-state index contributed by atoms with van der Waals surface area (Å²) in [6.45, 7) is 5.92. The third kappa shape index (κ3) is 5.63. The summed E-state index contributed by atoms with van der Waals surface area (Å²) in [5, 5.41) is 1.03. The van der Waals surface area contributed by atoms with Crippen molar-refractivity contribution in [1.29, 1.82) is 0 Å². The Bertz CT molecular complexity index is 1000. The van der Waals surface area contributed by atoms with Crippen molar-refractivity contribution in [3.8, 4) is 0 Å². The zero-order chi connectivity index (χ0) is 22.2. The highest BCUT2D eigenvalue weighted by atomic mass is 16.6. The Morgan fingerprint density at radius 2 is 1.94 bits per heavy atom. The van der Waals surface area contributed by atoms with Gasteiger partial charge in [-0.2, -0.15) is 0 Å². The van der Waals surface area contributed by atoms with E-state index in [0.717, 1.165) is 22.2 Å². The fourth-order valence-electron chi connectivity index (χ4n) is 3.85. The number of aromatic nitrogens is 2. The lowest BCUT2D eigenvalue weighted by molar-refractivity contribution is -0.145. The number of nitrogens with one attached hydrogen (secondary N) is 1. The summed E-state index contributed by atoms with van der Waals surface area (Å²) in [5.41, 5.74) is 2.81. The molecular formula is C24H29N3O4. The molecule has 1 amide bonds. The van der Waals surface area contributed by atoms with Crippen LogP contribution in [0, 0.1) is 0 Å². The summed E-state index contributed by atoms with van der Waals surface area (Å²) >= 11 is 0. The number of fused-ring (bicyclic) bond motifs is 1. The Kier molecular flexibility index (Phi) is 7.65. The van der Waals surface area contributed by atoms with Crippen molar-refractivity contribution >= 4 is 23.1 Å². The molecule has 1 fully saturated rings. The highest BCUT2D eigenvalue weighted by molar-refractivity contribution is 5.79. The van der Waals surface area contributed by atoms with Crippen molar-refractivity contribution in [2.75, 3.05) is 6.54 Å². The second kappa shape index (κ2) is 10.6. The number of likely N-dealkylation sites (tertiary alicyclic amines) is 1. The largest absolute Gasteiger partial charge is 0.461 e. The molecule has 1 N–H and O–H groups in total. The van der Waals surface area contributed by atoms with Crippen molar-refractivity contribution in [3.05, 3.63) is 66.0 Å². The van der Waals surface area contributed by atoms with Gasteiger partial charge in [0.2, 0.25) is 0 Å². The first-order valence-electron chi connectivity index (χ1n) is 10.7. The van der Waals surface area contributed by atoms with Crippen molar-refractivity contribution in [2.24, 2.45) is 0 Å². The molecule has 31 heavy (non-hydrogen) atoms. The van der Waals surface area contributed by atoms with Crippen LogP contribution in [-0.2, 0) is 27.3 Å². The summed E-state index contributed by atoms with van der Waals surface area (Å²) in [7, 11) is 0. The third-order valence-corrected chi connectivity index (χ3v) is 5.14. The molecule has 0 aliphatic carbocycles. The minimum absolute atomic E-state index is 0.123. The zero-order valence-electron chi connectivity index (χ0n) is 18.2. The number of hydrogen-bond acceptors (Lipinski definition) is 5. The van der Waals surface area contributed by atoms with Crippen LogP contribution >= 0.6 is 0 Å². The van der Waals surface area contributed by atoms with Crippen molar-refractivity contribution < 1.29 is 19.1 Å². The molecule has 0 bridgehead atoms. The molecule has 2 atom stereocenters. The number of nitrogens with zero attached hydrogens (tertiary/aromatic N) is 2. The highest BCUT2D eigenvalue weighted by Gasteiger charge is 2.38. The molecule has 164 valence electrons.